The van der Waals surface area contributed by atoms with Crippen molar-refractivity contribution in [3.05, 3.63) is 28.2 Å². The molecule has 1 amide bonds. The van der Waals surface area contributed by atoms with Gasteiger partial charge in [0.05, 0.1) is 5.92 Å². The third kappa shape index (κ3) is 3.23. The van der Waals surface area contributed by atoms with E-state index in [-0.39, 0.29) is 11.8 Å². The Morgan fingerprint density at radius 3 is 2.94 bits per heavy atom. The van der Waals surface area contributed by atoms with Gasteiger partial charge in [-0.05, 0) is 37.1 Å². The molecular formula is C13H18BrN3O. The van der Waals surface area contributed by atoms with Gasteiger partial charge in [0.25, 0.3) is 0 Å². The van der Waals surface area contributed by atoms with Crippen LogP contribution in [0.25, 0.3) is 0 Å². The lowest BCUT2D eigenvalue weighted by Crippen LogP contribution is -2.40. The van der Waals surface area contributed by atoms with E-state index in [2.05, 4.69) is 20.8 Å². The highest BCUT2D eigenvalue weighted by Crippen LogP contribution is 2.23. The van der Waals surface area contributed by atoms with Crippen LogP contribution in [0.3, 0.4) is 0 Å². The molecule has 1 aromatic carbocycles. The number of hydrogen-bond donors (Lipinski definition) is 2. The molecule has 4 N–H and O–H groups in total. The molecule has 4 nitrogen and oxygen atoms in total. The smallest absolute Gasteiger partial charge is 0.221 e. The van der Waals surface area contributed by atoms with E-state index in [1.54, 1.807) is 0 Å². The molecule has 5 heteroatoms. The Hall–Kier alpha value is -1.07. The third-order valence-electron chi connectivity index (χ3n) is 3.41. The average molecular weight is 312 g/mol. The lowest BCUT2D eigenvalue weighted by molar-refractivity contribution is -0.123. The number of halogens is 1. The van der Waals surface area contributed by atoms with Crippen LogP contribution >= 0.6 is 15.9 Å². The summed E-state index contributed by atoms with van der Waals surface area (Å²) < 4.78 is 0.984. The van der Waals surface area contributed by atoms with E-state index < -0.39 is 0 Å². The normalized spacial score (nSPS) is 20.8. The lowest BCUT2D eigenvalue weighted by Gasteiger charge is -2.31. The topological polar surface area (TPSA) is 72.4 Å². The molecule has 18 heavy (non-hydrogen) atoms. The van der Waals surface area contributed by atoms with Gasteiger partial charge in [0.1, 0.15) is 0 Å². The summed E-state index contributed by atoms with van der Waals surface area (Å²) in [4.78, 5) is 13.5. The van der Waals surface area contributed by atoms with Gasteiger partial charge in [0.2, 0.25) is 5.91 Å². The number of hydrogen-bond acceptors (Lipinski definition) is 3. The maximum absolute atomic E-state index is 11.2. The highest BCUT2D eigenvalue weighted by atomic mass is 79.9. The summed E-state index contributed by atoms with van der Waals surface area (Å²) in [6.45, 7) is 2.52. The SMILES string of the molecule is NC(=O)C1CCCN(Cc2ccc(Br)cc2N)C1. The van der Waals surface area contributed by atoms with E-state index in [9.17, 15) is 4.79 Å². The first kappa shape index (κ1) is 13.4. The molecule has 1 heterocycles. The van der Waals surface area contributed by atoms with Gasteiger partial charge in [-0.1, -0.05) is 22.0 Å². The van der Waals surface area contributed by atoms with Gasteiger partial charge in [-0.2, -0.15) is 0 Å². The van der Waals surface area contributed by atoms with Crippen LogP contribution in [0.5, 0.6) is 0 Å². The minimum Gasteiger partial charge on any atom is -0.398 e. The molecule has 1 aliphatic rings. The third-order valence-corrected chi connectivity index (χ3v) is 3.90. The molecule has 0 aliphatic carbocycles. The first-order chi connectivity index (χ1) is 8.56. The zero-order valence-corrected chi connectivity index (χ0v) is 11.8. The monoisotopic (exact) mass is 311 g/mol. The molecule has 0 spiro atoms. The van der Waals surface area contributed by atoms with Crippen molar-refractivity contribution in [3.8, 4) is 0 Å². The van der Waals surface area contributed by atoms with E-state index in [1.807, 2.05) is 18.2 Å². The number of piperidine rings is 1. The molecule has 0 aromatic heterocycles. The molecule has 0 bridgehead atoms. The molecule has 0 radical (unpaired) electrons. The van der Waals surface area contributed by atoms with E-state index in [4.69, 9.17) is 11.5 Å². The fourth-order valence-corrected chi connectivity index (χ4v) is 2.76. The molecule has 2 rings (SSSR count). The number of carbonyl (C=O) groups excluding carboxylic acids is 1. The molecule has 1 atom stereocenters. The summed E-state index contributed by atoms with van der Waals surface area (Å²) >= 11 is 3.40. The molecule has 0 saturated carbocycles. The molecule has 1 fully saturated rings. The Kier molecular flexibility index (Phi) is 4.24. The Labute approximate surface area is 115 Å². The van der Waals surface area contributed by atoms with Crippen LogP contribution in [0.2, 0.25) is 0 Å². The van der Waals surface area contributed by atoms with Crippen molar-refractivity contribution in [2.75, 3.05) is 18.8 Å². The minimum atomic E-state index is -0.191. The van der Waals surface area contributed by atoms with Crippen molar-refractivity contribution in [3.63, 3.8) is 0 Å². The maximum Gasteiger partial charge on any atom is 0.221 e. The van der Waals surface area contributed by atoms with Gasteiger partial charge in [0.15, 0.2) is 0 Å². The fourth-order valence-electron chi connectivity index (χ4n) is 2.38. The lowest BCUT2D eigenvalue weighted by atomic mass is 9.97. The summed E-state index contributed by atoms with van der Waals surface area (Å²) in [5.41, 5.74) is 13.2. The van der Waals surface area contributed by atoms with Crippen LogP contribution in [0.4, 0.5) is 5.69 Å². The molecule has 1 aromatic rings. The number of carbonyl (C=O) groups is 1. The maximum atomic E-state index is 11.2. The number of amides is 1. The summed E-state index contributed by atoms with van der Waals surface area (Å²) in [5, 5.41) is 0. The molecule has 1 saturated heterocycles. The highest BCUT2D eigenvalue weighted by molar-refractivity contribution is 9.10. The van der Waals surface area contributed by atoms with Crippen molar-refractivity contribution < 1.29 is 4.79 Å². The number of nitrogens with zero attached hydrogens (tertiary/aromatic N) is 1. The number of anilines is 1. The summed E-state index contributed by atoms with van der Waals surface area (Å²) in [6, 6.07) is 5.92. The number of nitrogen functional groups attached to an aromatic ring is 1. The quantitative estimate of drug-likeness (QED) is 0.835. The first-order valence-corrected chi connectivity index (χ1v) is 6.91. The van der Waals surface area contributed by atoms with Gasteiger partial charge in [-0.15, -0.1) is 0 Å². The van der Waals surface area contributed by atoms with Crippen LogP contribution in [0.15, 0.2) is 22.7 Å². The summed E-state index contributed by atoms with van der Waals surface area (Å²) in [7, 11) is 0. The average Bonchev–Trinajstić information content (AvgIpc) is 2.33. The minimum absolute atomic E-state index is 0.0181. The van der Waals surface area contributed by atoms with Gasteiger partial charge in [-0.3, -0.25) is 9.69 Å². The Morgan fingerprint density at radius 2 is 2.28 bits per heavy atom. The second kappa shape index (κ2) is 5.71. The van der Waals surface area contributed by atoms with E-state index in [1.165, 1.54) is 0 Å². The molecular weight excluding hydrogens is 294 g/mol. The van der Waals surface area contributed by atoms with Crippen LogP contribution in [-0.4, -0.2) is 23.9 Å². The van der Waals surface area contributed by atoms with Crippen molar-refractivity contribution in [1.82, 2.24) is 4.90 Å². The van der Waals surface area contributed by atoms with Crippen LogP contribution in [-0.2, 0) is 11.3 Å². The Balaban J connectivity index is 2.02. The van der Waals surface area contributed by atoms with E-state index >= 15 is 0 Å². The highest BCUT2D eigenvalue weighted by Gasteiger charge is 2.24. The van der Waals surface area contributed by atoms with E-state index in [0.29, 0.717) is 0 Å². The number of primary amides is 1. The number of benzene rings is 1. The van der Waals surface area contributed by atoms with Gasteiger partial charge in [0, 0.05) is 23.2 Å². The fraction of sp³-hybridized carbons (Fsp3) is 0.462. The number of nitrogens with two attached hydrogens (primary N) is 2. The van der Waals surface area contributed by atoms with Crippen molar-refractivity contribution in [1.29, 1.82) is 0 Å². The summed E-state index contributed by atoms with van der Waals surface area (Å²) in [6.07, 6.45) is 1.92. The predicted octanol–water partition coefficient (Wildman–Crippen LogP) is 1.73. The van der Waals surface area contributed by atoms with Crippen molar-refractivity contribution >= 4 is 27.5 Å². The largest absolute Gasteiger partial charge is 0.398 e. The Bertz CT molecular complexity index is 450. The first-order valence-electron chi connectivity index (χ1n) is 6.12. The molecule has 98 valence electrons. The van der Waals surface area contributed by atoms with Gasteiger partial charge in [-0.25, -0.2) is 0 Å². The van der Waals surface area contributed by atoms with Crippen molar-refractivity contribution in [2.45, 2.75) is 19.4 Å². The van der Waals surface area contributed by atoms with Gasteiger partial charge < -0.3 is 11.5 Å². The predicted molar refractivity (Wildman–Crippen MR) is 75.7 cm³/mol. The van der Waals surface area contributed by atoms with Crippen LogP contribution < -0.4 is 11.5 Å². The zero-order valence-electron chi connectivity index (χ0n) is 10.2. The zero-order chi connectivity index (χ0) is 13.1. The van der Waals surface area contributed by atoms with E-state index in [0.717, 1.165) is 48.2 Å². The standard InChI is InChI=1S/C13H18BrN3O/c14-11-4-3-9(12(15)6-11)7-17-5-1-2-10(8-17)13(16)18/h3-4,6,10H,1-2,5,7-8,15H2,(H2,16,18). The molecule has 1 aliphatic heterocycles. The van der Waals surface area contributed by atoms with Crippen molar-refractivity contribution in [2.24, 2.45) is 11.7 Å². The van der Waals surface area contributed by atoms with Crippen LogP contribution in [0.1, 0.15) is 18.4 Å². The van der Waals surface area contributed by atoms with Gasteiger partial charge >= 0.3 is 0 Å². The molecule has 1 unspecified atom stereocenters. The second-order valence-corrected chi connectivity index (χ2v) is 5.74. The van der Waals surface area contributed by atoms with Crippen LogP contribution in [0, 0.1) is 5.92 Å². The Morgan fingerprint density at radius 1 is 1.50 bits per heavy atom. The summed E-state index contributed by atoms with van der Waals surface area (Å²) in [5.74, 6) is -0.209. The second-order valence-electron chi connectivity index (χ2n) is 4.82. The number of likely N-dealkylation sites (tertiary alicyclic amines) is 1. The number of rotatable bonds is 3.